The molecule has 31 heavy (non-hydrogen) atoms. The average molecular weight is 631 g/mol. The van der Waals surface area contributed by atoms with E-state index in [0.717, 1.165) is 22.1 Å². The van der Waals surface area contributed by atoms with E-state index in [1.54, 1.807) is 36.4 Å². The predicted octanol–water partition coefficient (Wildman–Crippen LogP) is 4.64. The molecule has 160 valence electrons. The molecule has 1 fully saturated rings. The molecule has 4 rings (SSSR count). The molecule has 1 saturated heterocycles. The van der Waals surface area contributed by atoms with Crippen LogP contribution in [0.15, 0.2) is 75.4 Å². The molecule has 2 amide bonds. The number of nitrogens with zero attached hydrogens (tertiary/aromatic N) is 2. The van der Waals surface area contributed by atoms with Gasteiger partial charge in [0.1, 0.15) is 6.04 Å². The van der Waals surface area contributed by atoms with E-state index in [9.17, 15) is 18.0 Å². The van der Waals surface area contributed by atoms with Crippen LogP contribution in [-0.4, -0.2) is 30.6 Å². The number of amides is 2. The maximum absolute atomic E-state index is 13.5. The van der Waals surface area contributed by atoms with Crippen molar-refractivity contribution in [2.75, 3.05) is 4.90 Å². The Morgan fingerprint density at radius 3 is 2.35 bits per heavy atom. The van der Waals surface area contributed by atoms with Crippen molar-refractivity contribution in [2.24, 2.45) is 0 Å². The molecule has 2 heterocycles. The Kier molecular flexibility index (Phi) is 6.63. The van der Waals surface area contributed by atoms with E-state index in [-0.39, 0.29) is 17.9 Å². The van der Waals surface area contributed by atoms with Crippen molar-refractivity contribution in [3.8, 4) is 0 Å². The van der Waals surface area contributed by atoms with Gasteiger partial charge < -0.3 is 0 Å². The zero-order valence-corrected chi connectivity index (χ0v) is 21.3. The maximum atomic E-state index is 13.5. The maximum Gasteiger partial charge on any atom is 0.252 e. The van der Waals surface area contributed by atoms with Gasteiger partial charge in [-0.25, -0.2) is 13.3 Å². The number of carbonyl (C=O) groups is 2. The first kappa shape index (κ1) is 22.6. The van der Waals surface area contributed by atoms with Crippen LogP contribution in [0, 0.1) is 3.57 Å². The molecule has 0 spiro atoms. The van der Waals surface area contributed by atoms with Crippen LogP contribution < -0.4 is 4.90 Å². The first-order valence-corrected chi connectivity index (χ1v) is 13.4. The predicted molar refractivity (Wildman–Crippen MR) is 131 cm³/mol. The third-order valence-corrected chi connectivity index (χ3v) is 8.85. The van der Waals surface area contributed by atoms with Gasteiger partial charge >= 0.3 is 0 Å². The highest BCUT2D eigenvalue weighted by Crippen LogP contribution is 2.31. The monoisotopic (exact) mass is 630 g/mol. The number of hydrogen-bond donors (Lipinski definition) is 0. The molecule has 0 radical (unpaired) electrons. The summed E-state index contributed by atoms with van der Waals surface area (Å²) in [5.41, 5.74) is 0.440. The molecule has 0 bridgehead atoms. The third kappa shape index (κ3) is 4.63. The van der Waals surface area contributed by atoms with Crippen molar-refractivity contribution >= 4 is 77.4 Å². The summed E-state index contributed by atoms with van der Waals surface area (Å²) in [6, 6.07) is 15.7. The highest BCUT2D eigenvalue weighted by Gasteiger charge is 2.47. The van der Waals surface area contributed by atoms with E-state index in [4.69, 9.17) is 0 Å². The number of benzene rings is 2. The number of rotatable bonds is 6. The molecule has 1 aliphatic heterocycles. The SMILES string of the molecule is O=C1CC(N(Cc2cccs2)S(=O)(=O)c2ccc(Br)cc2)C(=O)N1c1ccc(I)cc1. The van der Waals surface area contributed by atoms with Gasteiger partial charge in [0, 0.05) is 19.5 Å². The topological polar surface area (TPSA) is 74.8 Å². The van der Waals surface area contributed by atoms with Crippen LogP contribution in [0.25, 0.3) is 0 Å². The largest absolute Gasteiger partial charge is 0.274 e. The minimum Gasteiger partial charge on any atom is -0.274 e. The fraction of sp³-hybridized carbons (Fsp3) is 0.143. The van der Waals surface area contributed by atoms with Crippen LogP contribution in [0.5, 0.6) is 0 Å². The lowest BCUT2D eigenvalue weighted by Gasteiger charge is -2.26. The summed E-state index contributed by atoms with van der Waals surface area (Å²) < 4.78 is 29.9. The number of imide groups is 1. The van der Waals surface area contributed by atoms with Gasteiger partial charge in [0.25, 0.3) is 5.91 Å². The van der Waals surface area contributed by atoms with Crippen molar-refractivity contribution in [1.29, 1.82) is 0 Å². The van der Waals surface area contributed by atoms with Gasteiger partial charge in [0.2, 0.25) is 15.9 Å². The second-order valence-electron chi connectivity index (χ2n) is 6.85. The summed E-state index contributed by atoms with van der Waals surface area (Å²) >= 11 is 6.85. The van der Waals surface area contributed by atoms with Crippen molar-refractivity contribution in [1.82, 2.24) is 4.31 Å². The molecule has 3 aromatic rings. The van der Waals surface area contributed by atoms with Gasteiger partial charge in [-0.15, -0.1) is 11.3 Å². The number of sulfonamides is 1. The Hall–Kier alpha value is -1.60. The molecule has 0 aliphatic carbocycles. The molecule has 0 N–H and O–H groups in total. The van der Waals surface area contributed by atoms with Crippen molar-refractivity contribution < 1.29 is 18.0 Å². The van der Waals surface area contributed by atoms with Crippen molar-refractivity contribution in [3.63, 3.8) is 0 Å². The molecule has 2 aromatic carbocycles. The van der Waals surface area contributed by atoms with Crippen molar-refractivity contribution in [3.05, 3.63) is 79.0 Å². The van der Waals surface area contributed by atoms with Gasteiger partial charge in [-0.1, -0.05) is 22.0 Å². The Balaban J connectivity index is 1.73. The lowest BCUT2D eigenvalue weighted by molar-refractivity contribution is -0.122. The zero-order chi connectivity index (χ0) is 22.2. The number of thiophene rings is 1. The molecule has 6 nitrogen and oxygen atoms in total. The Morgan fingerprint density at radius 2 is 1.74 bits per heavy atom. The molecule has 1 unspecified atom stereocenters. The van der Waals surface area contributed by atoms with Crippen LogP contribution in [0.1, 0.15) is 11.3 Å². The third-order valence-electron chi connectivity index (χ3n) is 4.87. The van der Waals surface area contributed by atoms with Gasteiger partial charge in [-0.2, -0.15) is 4.31 Å². The molecular weight excluding hydrogens is 615 g/mol. The summed E-state index contributed by atoms with van der Waals surface area (Å²) in [6.45, 7) is 0.0142. The van der Waals surface area contributed by atoms with Crippen LogP contribution in [0.2, 0.25) is 0 Å². The Labute approximate surface area is 206 Å². The number of carbonyl (C=O) groups excluding carboxylic acids is 2. The number of hydrogen-bond acceptors (Lipinski definition) is 5. The minimum absolute atomic E-state index is 0.0142. The van der Waals surface area contributed by atoms with E-state index in [0.29, 0.717) is 5.69 Å². The van der Waals surface area contributed by atoms with Crippen LogP contribution in [0.4, 0.5) is 5.69 Å². The first-order chi connectivity index (χ1) is 14.8. The summed E-state index contributed by atoms with van der Waals surface area (Å²) in [7, 11) is -4.03. The molecule has 1 atom stereocenters. The lowest BCUT2D eigenvalue weighted by Crippen LogP contribution is -2.44. The van der Waals surface area contributed by atoms with Crippen molar-refractivity contribution in [2.45, 2.75) is 23.9 Å². The average Bonchev–Trinajstić information content (AvgIpc) is 3.35. The number of halogens is 2. The van der Waals surface area contributed by atoms with Crippen LogP contribution in [-0.2, 0) is 26.2 Å². The van der Waals surface area contributed by atoms with E-state index < -0.39 is 27.9 Å². The van der Waals surface area contributed by atoms with Crippen LogP contribution in [0.3, 0.4) is 0 Å². The zero-order valence-electron chi connectivity index (χ0n) is 15.9. The van der Waals surface area contributed by atoms with Gasteiger partial charge in [0.15, 0.2) is 0 Å². The van der Waals surface area contributed by atoms with Gasteiger partial charge in [-0.05, 0) is 82.6 Å². The summed E-state index contributed by atoms with van der Waals surface area (Å²) in [5, 5.41) is 1.85. The van der Waals surface area contributed by atoms with E-state index >= 15 is 0 Å². The van der Waals surface area contributed by atoms with E-state index in [2.05, 4.69) is 38.5 Å². The van der Waals surface area contributed by atoms with Gasteiger partial charge in [0.05, 0.1) is 17.0 Å². The smallest absolute Gasteiger partial charge is 0.252 e. The minimum atomic E-state index is -4.03. The summed E-state index contributed by atoms with van der Waals surface area (Å²) in [4.78, 5) is 28.0. The summed E-state index contributed by atoms with van der Waals surface area (Å²) in [6.07, 6.45) is -0.202. The lowest BCUT2D eigenvalue weighted by atomic mass is 10.2. The normalized spacial score (nSPS) is 17.0. The molecule has 1 aliphatic rings. The fourth-order valence-corrected chi connectivity index (χ4v) is 6.33. The first-order valence-electron chi connectivity index (χ1n) is 9.19. The second kappa shape index (κ2) is 9.10. The van der Waals surface area contributed by atoms with Gasteiger partial charge in [-0.3, -0.25) is 9.59 Å². The summed E-state index contributed by atoms with van der Waals surface area (Å²) in [5.74, 6) is -0.957. The Morgan fingerprint density at radius 1 is 1.06 bits per heavy atom. The fourth-order valence-electron chi connectivity index (χ4n) is 3.36. The molecular formula is C21H16BrIN2O4S2. The quantitative estimate of drug-likeness (QED) is 0.294. The molecule has 10 heteroatoms. The number of anilines is 1. The highest BCUT2D eigenvalue weighted by molar-refractivity contribution is 14.1. The Bertz CT molecular complexity index is 1210. The van der Waals surface area contributed by atoms with E-state index in [1.807, 2.05) is 17.5 Å². The second-order valence-corrected chi connectivity index (χ2v) is 11.9. The molecule has 0 saturated carbocycles. The highest BCUT2D eigenvalue weighted by atomic mass is 127. The van der Waals surface area contributed by atoms with E-state index in [1.165, 1.54) is 23.5 Å². The van der Waals surface area contributed by atoms with Crippen LogP contribution >= 0.6 is 49.9 Å². The molecule has 1 aromatic heterocycles. The standard InChI is InChI=1S/C21H16BrIN2O4S2/c22-14-3-9-18(10-4-14)31(28,29)24(13-17-2-1-11-30-17)19-12-20(26)25(21(19)27)16-7-5-15(23)6-8-16/h1-11,19H,12-13H2.